The lowest BCUT2D eigenvalue weighted by molar-refractivity contribution is -0.144. The Morgan fingerprint density at radius 3 is 2.42 bits per heavy atom. The van der Waals surface area contributed by atoms with Crippen molar-refractivity contribution < 1.29 is 19.8 Å². The molecule has 3 aromatic rings. The number of carboxylic acids is 2. The van der Waals surface area contributed by atoms with Gasteiger partial charge >= 0.3 is 11.9 Å². The number of aromatic nitrogens is 2. The van der Waals surface area contributed by atoms with Crippen molar-refractivity contribution in [3.05, 3.63) is 64.5 Å². The molecule has 1 aliphatic rings. The summed E-state index contributed by atoms with van der Waals surface area (Å²) in [6.45, 7) is 3.32. The molecule has 0 unspecified atom stereocenters. The molecule has 1 aromatic carbocycles. The number of aliphatic carboxylic acids is 2. The maximum atomic E-state index is 12.3. The highest BCUT2D eigenvalue weighted by Crippen LogP contribution is 2.33. The van der Waals surface area contributed by atoms with Gasteiger partial charge in [0, 0.05) is 72.3 Å². The second-order valence-corrected chi connectivity index (χ2v) is 8.59. The van der Waals surface area contributed by atoms with Crippen LogP contribution in [0.5, 0.6) is 0 Å². The third kappa shape index (κ3) is 4.79. The van der Waals surface area contributed by atoms with Crippen molar-refractivity contribution in [3.8, 4) is 0 Å². The lowest BCUT2D eigenvalue weighted by Gasteiger charge is -2.37. The Kier molecular flexibility index (Phi) is 6.35. The highest BCUT2D eigenvalue weighted by molar-refractivity contribution is 9.10. The normalized spacial score (nSPS) is 16.4. The molecule has 2 aromatic heterocycles. The summed E-state index contributed by atoms with van der Waals surface area (Å²) in [4.78, 5) is 32.0. The molecular weight excluding hydrogens is 464 g/mol. The van der Waals surface area contributed by atoms with E-state index in [2.05, 4.69) is 25.8 Å². The summed E-state index contributed by atoms with van der Waals surface area (Å²) < 4.78 is 2.43. The monoisotopic (exact) mass is 486 g/mol. The minimum Gasteiger partial charge on any atom is -0.480 e. The third-order valence-corrected chi connectivity index (χ3v) is 6.13. The number of nitrogens with zero attached hydrogens (tertiary/aromatic N) is 4. The summed E-state index contributed by atoms with van der Waals surface area (Å²) in [5, 5.41) is 20.1. The van der Waals surface area contributed by atoms with Gasteiger partial charge in [-0.3, -0.25) is 24.4 Å². The zero-order valence-corrected chi connectivity index (χ0v) is 18.4. The maximum absolute atomic E-state index is 12.3. The van der Waals surface area contributed by atoms with Gasteiger partial charge in [-0.2, -0.15) is 0 Å². The molecule has 1 fully saturated rings. The zero-order chi connectivity index (χ0) is 22.0. The van der Waals surface area contributed by atoms with E-state index in [-0.39, 0.29) is 6.54 Å². The highest BCUT2D eigenvalue weighted by Gasteiger charge is 2.33. The smallest absolute Gasteiger partial charge is 0.325 e. The van der Waals surface area contributed by atoms with Crippen molar-refractivity contribution in [2.75, 3.05) is 26.2 Å². The van der Waals surface area contributed by atoms with Crippen LogP contribution in [0, 0.1) is 0 Å². The summed E-state index contributed by atoms with van der Waals surface area (Å²) in [5.74, 6) is -1.90. The van der Waals surface area contributed by atoms with Gasteiger partial charge in [0.15, 0.2) is 0 Å². The van der Waals surface area contributed by atoms with Crippen LogP contribution in [0.15, 0.2) is 53.4 Å². The lowest BCUT2D eigenvalue weighted by Crippen LogP contribution is -2.48. The summed E-state index contributed by atoms with van der Waals surface area (Å²) in [5.41, 5.74) is 2.51. The average Bonchev–Trinajstić information content (AvgIpc) is 3.06. The van der Waals surface area contributed by atoms with Gasteiger partial charge in [-0.25, -0.2) is 0 Å². The quantitative estimate of drug-likeness (QED) is 0.529. The molecule has 0 bridgehead atoms. The molecule has 1 aliphatic heterocycles. The number of rotatable bonds is 7. The molecule has 4 rings (SSSR count). The van der Waals surface area contributed by atoms with Crippen LogP contribution in [0.3, 0.4) is 0 Å². The molecule has 3 heterocycles. The van der Waals surface area contributed by atoms with E-state index in [1.165, 1.54) is 5.56 Å². The molecule has 162 valence electrons. The molecule has 2 N–H and O–H groups in total. The van der Waals surface area contributed by atoms with Gasteiger partial charge < -0.3 is 14.8 Å². The molecule has 0 aliphatic carbocycles. The predicted molar refractivity (Wildman–Crippen MR) is 119 cm³/mol. The Morgan fingerprint density at radius 2 is 1.77 bits per heavy atom. The molecule has 0 saturated carbocycles. The molecule has 31 heavy (non-hydrogen) atoms. The predicted octanol–water partition coefficient (Wildman–Crippen LogP) is 2.83. The fourth-order valence-electron chi connectivity index (χ4n) is 4.20. The van der Waals surface area contributed by atoms with Crippen LogP contribution in [0.25, 0.3) is 10.9 Å². The standard InChI is InChI=1S/C22H23BrN4O4/c23-16-1-2-19-17(11-16)18(13-27(19)14-20(28)29)21(22(30)31)26-9-7-25(8-10-26)12-15-3-5-24-6-4-15/h1-6,11,13,21H,7-10,12,14H2,(H,28,29)(H,30,31)/t21-/m1/s1. The van der Waals surface area contributed by atoms with E-state index in [0.717, 1.165) is 29.5 Å². The van der Waals surface area contributed by atoms with Crippen molar-refractivity contribution in [1.82, 2.24) is 19.4 Å². The first-order chi connectivity index (χ1) is 14.9. The number of halogens is 1. The van der Waals surface area contributed by atoms with E-state index in [1.54, 1.807) is 23.2 Å². The van der Waals surface area contributed by atoms with Crippen LogP contribution in [0.2, 0.25) is 0 Å². The maximum Gasteiger partial charge on any atom is 0.325 e. The van der Waals surface area contributed by atoms with Crippen LogP contribution >= 0.6 is 15.9 Å². The molecule has 9 heteroatoms. The number of fused-ring (bicyclic) bond motifs is 1. The van der Waals surface area contributed by atoms with E-state index < -0.39 is 18.0 Å². The van der Waals surface area contributed by atoms with Crippen molar-refractivity contribution in [1.29, 1.82) is 0 Å². The number of pyridine rings is 1. The molecule has 8 nitrogen and oxygen atoms in total. The molecule has 0 radical (unpaired) electrons. The van der Waals surface area contributed by atoms with Gasteiger partial charge in [0.05, 0.1) is 0 Å². The fourth-order valence-corrected chi connectivity index (χ4v) is 4.56. The highest BCUT2D eigenvalue weighted by atomic mass is 79.9. The van der Waals surface area contributed by atoms with Crippen LogP contribution in [0.4, 0.5) is 0 Å². The second kappa shape index (κ2) is 9.17. The number of benzene rings is 1. The molecule has 0 amide bonds. The van der Waals surface area contributed by atoms with Crippen LogP contribution in [0.1, 0.15) is 17.2 Å². The van der Waals surface area contributed by atoms with Gasteiger partial charge in [-0.15, -0.1) is 0 Å². The van der Waals surface area contributed by atoms with Gasteiger partial charge in [0.25, 0.3) is 0 Å². The van der Waals surface area contributed by atoms with E-state index in [4.69, 9.17) is 0 Å². The van der Waals surface area contributed by atoms with Gasteiger partial charge in [0.2, 0.25) is 0 Å². The van der Waals surface area contributed by atoms with Crippen molar-refractivity contribution in [3.63, 3.8) is 0 Å². The summed E-state index contributed by atoms with van der Waals surface area (Å²) in [6, 6.07) is 8.65. The Hall–Kier alpha value is -2.75. The van der Waals surface area contributed by atoms with E-state index >= 15 is 0 Å². The number of carbonyl (C=O) groups is 2. The molecule has 1 saturated heterocycles. The van der Waals surface area contributed by atoms with Gasteiger partial charge in [-0.05, 0) is 35.9 Å². The molecule has 1 atom stereocenters. The Morgan fingerprint density at radius 1 is 1.06 bits per heavy atom. The summed E-state index contributed by atoms with van der Waals surface area (Å²) in [7, 11) is 0. The average molecular weight is 487 g/mol. The topological polar surface area (TPSA) is 98.9 Å². The number of hydrogen-bond acceptors (Lipinski definition) is 5. The van der Waals surface area contributed by atoms with Crippen LogP contribution in [-0.2, 0) is 22.7 Å². The number of piperazine rings is 1. The fraction of sp³-hybridized carbons (Fsp3) is 0.318. The minimum absolute atomic E-state index is 0.218. The first-order valence-electron chi connectivity index (χ1n) is 10.0. The molecule has 0 spiro atoms. The van der Waals surface area contributed by atoms with Gasteiger partial charge in [0.1, 0.15) is 12.6 Å². The summed E-state index contributed by atoms with van der Waals surface area (Å²) in [6.07, 6.45) is 5.22. The van der Waals surface area contributed by atoms with Crippen LogP contribution in [-0.4, -0.2) is 67.7 Å². The van der Waals surface area contributed by atoms with E-state index in [9.17, 15) is 19.8 Å². The Bertz CT molecular complexity index is 1090. The number of hydrogen-bond donors (Lipinski definition) is 2. The van der Waals surface area contributed by atoms with Crippen molar-refractivity contribution >= 4 is 38.8 Å². The third-order valence-electron chi connectivity index (χ3n) is 5.64. The first-order valence-corrected chi connectivity index (χ1v) is 10.8. The minimum atomic E-state index is -0.969. The lowest BCUT2D eigenvalue weighted by atomic mass is 10.0. The molecular formula is C22H23BrN4O4. The van der Waals surface area contributed by atoms with Crippen molar-refractivity contribution in [2.45, 2.75) is 19.1 Å². The summed E-state index contributed by atoms with van der Waals surface area (Å²) >= 11 is 3.45. The van der Waals surface area contributed by atoms with E-state index in [0.29, 0.717) is 24.2 Å². The largest absolute Gasteiger partial charge is 0.480 e. The Balaban J connectivity index is 1.58. The Labute approximate surface area is 187 Å². The van der Waals surface area contributed by atoms with Crippen molar-refractivity contribution in [2.24, 2.45) is 0 Å². The van der Waals surface area contributed by atoms with Crippen LogP contribution < -0.4 is 0 Å². The van der Waals surface area contributed by atoms with E-state index in [1.807, 2.05) is 35.2 Å². The first kappa shape index (κ1) is 21.5. The number of carboxylic acid groups (broad SMARTS) is 2. The van der Waals surface area contributed by atoms with Gasteiger partial charge in [-0.1, -0.05) is 15.9 Å². The second-order valence-electron chi connectivity index (χ2n) is 7.68. The zero-order valence-electron chi connectivity index (χ0n) is 16.8. The SMILES string of the molecule is O=C(O)Cn1cc([C@H](C(=O)O)N2CCN(Cc3ccncc3)CC2)c2cc(Br)ccc21.